The van der Waals surface area contributed by atoms with Crippen molar-refractivity contribution in [3.63, 3.8) is 0 Å². The van der Waals surface area contributed by atoms with E-state index in [1.807, 2.05) is 18.2 Å². The van der Waals surface area contributed by atoms with Gasteiger partial charge in [0, 0.05) is 12.6 Å². The molecular formula is C11H18ClNO3. The number of rotatable bonds is 5. The summed E-state index contributed by atoms with van der Waals surface area (Å²) in [6.45, 7) is 0.0789. The highest BCUT2D eigenvalue weighted by Crippen LogP contribution is 2.29. The van der Waals surface area contributed by atoms with E-state index in [2.05, 4.69) is 0 Å². The Balaban J connectivity index is 0.00000225. The third-order valence-electron chi connectivity index (χ3n) is 2.28. The molecule has 0 amide bonds. The summed E-state index contributed by atoms with van der Waals surface area (Å²) in [6, 6.07) is 5.35. The van der Waals surface area contributed by atoms with E-state index in [-0.39, 0.29) is 25.1 Å². The van der Waals surface area contributed by atoms with Crippen molar-refractivity contribution in [2.24, 2.45) is 5.73 Å². The van der Waals surface area contributed by atoms with Crippen LogP contribution in [0.15, 0.2) is 18.2 Å². The lowest BCUT2D eigenvalue weighted by molar-refractivity contribution is 0.276. The van der Waals surface area contributed by atoms with Crippen molar-refractivity contribution in [3.05, 3.63) is 23.8 Å². The highest BCUT2D eigenvalue weighted by atomic mass is 35.5. The second-order valence-electron chi connectivity index (χ2n) is 3.23. The van der Waals surface area contributed by atoms with Gasteiger partial charge in [-0.2, -0.15) is 0 Å². The van der Waals surface area contributed by atoms with Gasteiger partial charge >= 0.3 is 0 Å². The molecule has 0 radical (unpaired) electrons. The van der Waals surface area contributed by atoms with Gasteiger partial charge < -0.3 is 20.3 Å². The number of aliphatic hydroxyl groups is 1. The molecule has 1 rings (SSSR count). The molecule has 4 nitrogen and oxygen atoms in total. The third kappa shape index (κ3) is 3.56. The Bertz CT molecular complexity index is 320. The molecule has 0 aromatic heterocycles. The van der Waals surface area contributed by atoms with Crippen LogP contribution in [0.1, 0.15) is 18.0 Å². The maximum absolute atomic E-state index is 8.79. The average Bonchev–Trinajstić information content (AvgIpc) is 2.28. The SMILES string of the molecule is COc1ccc([C@@H](N)CCO)cc1OC.Cl. The number of benzene rings is 1. The summed E-state index contributed by atoms with van der Waals surface area (Å²) in [7, 11) is 3.17. The normalized spacial score (nSPS) is 11.5. The van der Waals surface area contributed by atoms with E-state index in [1.165, 1.54) is 0 Å². The molecule has 0 bridgehead atoms. The number of methoxy groups -OCH3 is 2. The van der Waals surface area contributed by atoms with Crippen molar-refractivity contribution in [1.29, 1.82) is 0 Å². The van der Waals surface area contributed by atoms with Crippen LogP contribution in [-0.2, 0) is 0 Å². The largest absolute Gasteiger partial charge is 0.493 e. The first-order chi connectivity index (χ1) is 7.22. The fourth-order valence-electron chi connectivity index (χ4n) is 1.39. The van der Waals surface area contributed by atoms with Crippen LogP contribution in [0, 0.1) is 0 Å². The first-order valence-corrected chi connectivity index (χ1v) is 4.81. The molecule has 0 heterocycles. The number of hydrogen-bond acceptors (Lipinski definition) is 4. The van der Waals surface area contributed by atoms with E-state index in [1.54, 1.807) is 14.2 Å². The zero-order chi connectivity index (χ0) is 11.3. The van der Waals surface area contributed by atoms with Crippen molar-refractivity contribution < 1.29 is 14.6 Å². The molecule has 1 atom stereocenters. The van der Waals surface area contributed by atoms with Gasteiger partial charge in [0.25, 0.3) is 0 Å². The fraction of sp³-hybridized carbons (Fsp3) is 0.455. The molecule has 0 spiro atoms. The monoisotopic (exact) mass is 247 g/mol. The van der Waals surface area contributed by atoms with Crippen LogP contribution in [0.25, 0.3) is 0 Å². The van der Waals surface area contributed by atoms with E-state index >= 15 is 0 Å². The topological polar surface area (TPSA) is 64.7 Å². The third-order valence-corrected chi connectivity index (χ3v) is 2.28. The van der Waals surface area contributed by atoms with Crippen molar-refractivity contribution in [1.82, 2.24) is 0 Å². The van der Waals surface area contributed by atoms with Gasteiger partial charge in [-0.25, -0.2) is 0 Å². The molecule has 0 unspecified atom stereocenters. The molecule has 0 aliphatic rings. The van der Waals surface area contributed by atoms with E-state index < -0.39 is 0 Å². The summed E-state index contributed by atoms with van der Waals surface area (Å²) in [5.74, 6) is 1.33. The van der Waals surface area contributed by atoms with Crippen LogP contribution in [0.4, 0.5) is 0 Å². The van der Waals surface area contributed by atoms with Crippen molar-refractivity contribution in [3.8, 4) is 11.5 Å². The van der Waals surface area contributed by atoms with Crippen molar-refractivity contribution in [2.45, 2.75) is 12.5 Å². The van der Waals surface area contributed by atoms with Crippen LogP contribution in [0.2, 0.25) is 0 Å². The maximum atomic E-state index is 8.79. The minimum Gasteiger partial charge on any atom is -0.493 e. The van der Waals surface area contributed by atoms with Crippen LogP contribution in [-0.4, -0.2) is 25.9 Å². The predicted molar refractivity (Wildman–Crippen MR) is 65.4 cm³/mol. The van der Waals surface area contributed by atoms with Crippen LogP contribution in [0.3, 0.4) is 0 Å². The summed E-state index contributed by atoms with van der Waals surface area (Å²) in [5, 5.41) is 8.79. The lowest BCUT2D eigenvalue weighted by Crippen LogP contribution is -2.12. The molecule has 0 fully saturated rings. The molecule has 0 saturated heterocycles. The summed E-state index contributed by atoms with van der Waals surface area (Å²) < 4.78 is 10.3. The van der Waals surface area contributed by atoms with Crippen molar-refractivity contribution in [2.75, 3.05) is 20.8 Å². The van der Waals surface area contributed by atoms with Crippen LogP contribution in [0.5, 0.6) is 11.5 Å². The Hall–Kier alpha value is -0.970. The van der Waals surface area contributed by atoms with Gasteiger partial charge in [0.05, 0.1) is 14.2 Å². The van der Waals surface area contributed by atoms with Gasteiger partial charge in [0.1, 0.15) is 0 Å². The smallest absolute Gasteiger partial charge is 0.161 e. The van der Waals surface area contributed by atoms with Gasteiger partial charge in [-0.05, 0) is 24.1 Å². The fourth-order valence-corrected chi connectivity index (χ4v) is 1.39. The first-order valence-electron chi connectivity index (χ1n) is 4.81. The Morgan fingerprint density at radius 2 is 1.88 bits per heavy atom. The van der Waals surface area contributed by atoms with Gasteiger partial charge in [0.15, 0.2) is 11.5 Å². The van der Waals surface area contributed by atoms with Gasteiger partial charge in [0.2, 0.25) is 0 Å². The molecular weight excluding hydrogens is 230 g/mol. The molecule has 16 heavy (non-hydrogen) atoms. The van der Waals surface area contributed by atoms with E-state index in [9.17, 15) is 0 Å². The number of hydrogen-bond donors (Lipinski definition) is 2. The molecule has 1 aromatic rings. The molecule has 0 saturated carbocycles. The minimum atomic E-state index is -0.171. The van der Waals surface area contributed by atoms with Crippen LogP contribution >= 0.6 is 12.4 Å². The minimum absolute atomic E-state index is 0. The quantitative estimate of drug-likeness (QED) is 0.828. The second-order valence-corrected chi connectivity index (χ2v) is 3.23. The molecule has 1 aromatic carbocycles. The number of halogens is 1. The molecule has 3 N–H and O–H groups in total. The number of aliphatic hydroxyl groups excluding tert-OH is 1. The summed E-state index contributed by atoms with van der Waals surface area (Å²) in [5.41, 5.74) is 6.80. The second kappa shape index (κ2) is 7.33. The standard InChI is InChI=1S/C11H17NO3.ClH/c1-14-10-4-3-8(7-11(10)15-2)9(12)5-6-13;/h3-4,7,9,13H,5-6,12H2,1-2H3;1H/t9-;/m0./s1. The predicted octanol–water partition coefficient (Wildman–Crippen LogP) is 1.51. The zero-order valence-electron chi connectivity index (χ0n) is 9.47. The molecule has 0 aliphatic carbocycles. The first kappa shape index (κ1) is 15.0. The lowest BCUT2D eigenvalue weighted by Gasteiger charge is -2.13. The van der Waals surface area contributed by atoms with E-state index in [0.717, 1.165) is 5.56 Å². The lowest BCUT2D eigenvalue weighted by atomic mass is 10.0. The Labute approximate surface area is 102 Å². The zero-order valence-corrected chi connectivity index (χ0v) is 10.3. The molecule has 0 aliphatic heterocycles. The summed E-state index contributed by atoms with van der Waals surface area (Å²) in [6.07, 6.45) is 0.537. The summed E-state index contributed by atoms with van der Waals surface area (Å²) in [4.78, 5) is 0. The van der Waals surface area contributed by atoms with Gasteiger partial charge in [-0.1, -0.05) is 6.07 Å². The number of ether oxygens (including phenoxy) is 2. The van der Waals surface area contributed by atoms with Crippen LogP contribution < -0.4 is 15.2 Å². The van der Waals surface area contributed by atoms with E-state index in [4.69, 9.17) is 20.3 Å². The number of nitrogens with two attached hydrogens (primary N) is 1. The average molecular weight is 248 g/mol. The Morgan fingerprint density at radius 1 is 1.25 bits per heavy atom. The Kier molecular flexibility index (Phi) is 6.88. The highest BCUT2D eigenvalue weighted by Gasteiger charge is 2.09. The maximum Gasteiger partial charge on any atom is 0.161 e. The van der Waals surface area contributed by atoms with E-state index in [0.29, 0.717) is 17.9 Å². The summed E-state index contributed by atoms with van der Waals surface area (Å²) >= 11 is 0. The van der Waals surface area contributed by atoms with Crippen molar-refractivity contribution >= 4 is 12.4 Å². The molecule has 5 heteroatoms. The molecule has 92 valence electrons. The Morgan fingerprint density at radius 3 is 2.38 bits per heavy atom. The highest BCUT2D eigenvalue weighted by molar-refractivity contribution is 5.85. The van der Waals surface area contributed by atoms with Gasteiger partial charge in [-0.3, -0.25) is 0 Å². The van der Waals surface area contributed by atoms with Gasteiger partial charge in [-0.15, -0.1) is 12.4 Å².